The molecule has 0 aliphatic carbocycles. The maximum Gasteiger partial charge on any atom is 0.0310 e. The van der Waals surface area contributed by atoms with E-state index in [1.165, 1.54) is 16.7 Å². The van der Waals surface area contributed by atoms with E-state index in [1.807, 2.05) is 12.4 Å². The predicted molar refractivity (Wildman–Crippen MR) is 65.4 cm³/mol. The molecule has 1 heterocycles. The Hall–Kier alpha value is -0.120. The summed E-state index contributed by atoms with van der Waals surface area (Å²) in [6, 6.07) is 0. The second-order valence-corrected chi connectivity index (χ2v) is 4.28. The van der Waals surface area contributed by atoms with Gasteiger partial charge < -0.3 is 0 Å². The zero-order chi connectivity index (χ0) is 9.84. The summed E-state index contributed by atoms with van der Waals surface area (Å²) in [4.78, 5) is 4.26. The first kappa shape index (κ1) is 11.0. The third-order valence-corrected chi connectivity index (χ3v) is 3.08. The topological polar surface area (TPSA) is 12.9 Å². The van der Waals surface area contributed by atoms with Gasteiger partial charge in [-0.15, -0.1) is 0 Å². The van der Waals surface area contributed by atoms with Crippen LogP contribution in [0.25, 0.3) is 0 Å². The molecule has 0 aliphatic rings. The average molecular weight is 289 g/mol. The molecule has 72 valence electrons. The predicted octanol–water partition coefficient (Wildman–Crippen LogP) is 3.70. The molecule has 0 bridgehead atoms. The van der Waals surface area contributed by atoms with Gasteiger partial charge in [0.15, 0.2) is 0 Å². The van der Waals surface area contributed by atoms with E-state index < -0.39 is 0 Å². The minimum Gasteiger partial charge on any atom is -0.264 e. The smallest absolute Gasteiger partial charge is 0.0310 e. The first-order valence-corrected chi connectivity index (χ1v) is 6.24. The number of nitrogens with zero attached hydrogens (tertiary/aromatic N) is 1. The van der Waals surface area contributed by atoms with Gasteiger partial charge in [-0.2, -0.15) is 0 Å². The Labute approximate surface area is 94.1 Å². The highest BCUT2D eigenvalue weighted by Gasteiger charge is 2.10. The molecule has 1 aromatic rings. The number of hydrogen-bond donors (Lipinski definition) is 0. The number of aryl methyl sites for hydroxylation is 1. The van der Waals surface area contributed by atoms with Crippen molar-refractivity contribution in [2.45, 2.75) is 37.5 Å². The van der Waals surface area contributed by atoms with Gasteiger partial charge in [-0.3, -0.25) is 4.98 Å². The lowest BCUT2D eigenvalue weighted by Crippen LogP contribution is -2.01. The fourth-order valence-corrected chi connectivity index (χ4v) is 2.30. The lowest BCUT2D eigenvalue weighted by atomic mass is 9.94. The third kappa shape index (κ3) is 2.42. The van der Waals surface area contributed by atoms with Crippen molar-refractivity contribution < 1.29 is 0 Å². The van der Waals surface area contributed by atoms with Gasteiger partial charge in [-0.1, -0.05) is 43.4 Å². The molecule has 0 N–H and O–H groups in total. The van der Waals surface area contributed by atoms with Gasteiger partial charge >= 0.3 is 0 Å². The van der Waals surface area contributed by atoms with E-state index in [0.717, 1.165) is 10.8 Å². The maximum absolute atomic E-state index is 4.26. The fraction of sp³-hybridized carbons (Fsp3) is 0.545. The molecule has 0 radical (unpaired) electrons. The summed E-state index contributed by atoms with van der Waals surface area (Å²) >= 11 is 2.41. The van der Waals surface area contributed by atoms with Crippen LogP contribution in [0.4, 0.5) is 0 Å². The Bertz CT molecular complexity index is 259. The van der Waals surface area contributed by atoms with Crippen molar-refractivity contribution in [1.82, 2.24) is 4.98 Å². The standard InChI is InChI=1S/C11H16IN/c1-4-9-6-13-7-10(5-12)11(9)8(2)3/h6-8H,4-5H2,1-3H3. The molecule has 13 heavy (non-hydrogen) atoms. The normalized spacial score (nSPS) is 10.8. The van der Waals surface area contributed by atoms with Gasteiger partial charge in [0.05, 0.1) is 0 Å². The molecule has 1 aromatic heterocycles. The quantitative estimate of drug-likeness (QED) is 0.610. The molecule has 0 aromatic carbocycles. The average Bonchev–Trinajstić information content (AvgIpc) is 2.16. The molecule has 0 fully saturated rings. The van der Waals surface area contributed by atoms with E-state index in [0.29, 0.717) is 5.92 Å². The van der Waals surface area contributed by atoms with Crippen LogP contribution in [0.3, 0.4) is 0 Å². The molecule has 0 saturated heterocycles. The summed E-state index contributed by atoms with van der Waals surface area (Å²) in [5.74, 6) is 0.614. The Morgan fingerprint density at radius 1 is 1.31 bits per heavy atom. The highest BCUT2D eigenvalue weighted by Crippen LogP contribution is 2.25. The molecule has 0 unspecified atom stereocenters. The fourth-order valence-electron chi connectivity index (χ4n) is 1.69. The molecule has 0 aliphatic heterocycles. The minimum atomic E-state index is 0.614. The van der Waals surface area contributed by atoms with Crippen molar-refractivity contribution in [2.75, 3.05) is 0 Å². The number of pyridine rings is 1. The van der Waals surface area contributed by atoms with E-state index in [9.17, 15) is 0 Å². The van der Waals surface area contributed by atoms with E-state index in [1.54, 1.807) is 0 Å². The molecule has 0 spiro atoms. The third-order valence-electron chi connectivity index (χ3n) is 2.25. The van der Waals surface area contributed by atoms with Crippen LogP contribution in [-0.4, -0.2) is 4.98 Å². The van der Waals surface area contributed by atoms with Gasteiger partial charge in [0.25, 0.3) is 0 Å². The Morgan fingerprint density at radius 3 is 2.38 bits per heavy atom. The number of halogens is 1. The first-order chi connectivity index (χ1) is 6.20. The van der Waals surface area contributed by atoms with Gasteiger partial charge in [-0.05, 0) is 29.0 Å². The van der Waals surface area contributed by atoms with Crippen LogP contribution in [0.1, 0.15) is 43.4 Å². The van der Waals surface area contributed by atoms with Crippen LogP contribution in [-0.2, 0) is 10.8 Å². The van der Waals surface area contributed by atoms with Crippen LogP contribution in [0.2, 0.25) is 0 Å². The van der Waals surface area contributed by atoms with Gasteiger partial charge in [0.1, 0.15) is 0 Å². The Morgan fingerprint density at radius 2 is 1.92 bits per heavy atom. The highest BCUT2D eigenvalue weighted by molar-refractivity contribution is 14.1. The Balaban J connectivity index is 3.21. The van der Waals surface area contributed by atoms with Crippen LogP contribution < -0.4 is 0 Å². The monoisotopic (exact) mass is 289 g/mol. The van der Waals surface area contributed by atoms with Crippen LogP contribution in [0.15, 0.2) is 12.4 Å². The van der Waals surface area contributed by atoms with E-state index in [4.69, 9.17) is 0 Å². The van der Waals surface area contributed by atoms with Crippen LogP contribution in [0.5, 0.6) is 0 Å². The largest absolute Gasteiger partial charge is 0.264 e. The highest BCUT2D eigenvalue weighted by atomic mass is 127. The van der Waals surface area contributed by atoms with Crippen molar-refractivity contribution in [3.05, 3.63) is 29.1 Å². The van der Waals surface area contributed by atoms with Crippen molar-refractivity contribution in [2.24, 2.45) is 0 Å². The van der Waals surface area contributed by atoms with Gasteiger partial charge in [-0.25, -0.2) is 0 Å². The zero-order valence-electron chi connectivity index (χ0n) is 8.47. The lowest BCUT2D eigenvalue weighted by Gasteiger charge is -2.14. The summed E-state index contributed by atoms with van der Waals surface area (Å²) in [5, 5.41) is 0. The second kappa shape index (κ2) is 4.94. The summed E-state index contributed by atoms with van der Waals surface area (Å²) in [7, 11) is 0. The molecule has 1 rings (SSSR count). The molecule has 0 saturated carbocycles. The SMILES string of the molecule is CCc1cncc(CI)c1C(C)C. The van der Waals surface area contributed by atoms with Crippen molar-refractivity contribution in [1.29, 1.82) is 0 Å². The first-order valence-electron chi connectivity index (χ1n) is 4.72. The molecule has 2 heteroatoms. The number of alkyl halides is 1. The van der Waals surface area contributed by atoms with E-state index >= 15 is 0 Å². The summed E-state index contributed by atoms with van der Waals surface area (Å²) in [5.41, 5.74) is 4.31. The minimum absolute atomic E-state index is 0.614. The molecular formula is C11H16IN. The van der Waals surface area contributed by atoms with Crippen molar-refractivity contribution >= 4 is 22.6 Å². The van der Waals surface area contributed by atoms with Gasteiger partial charge in [0.2, 0.25) is 0 Å². The maximum atomic E-state index is 4.26. The summed E-state index contributed by atoms with van der Waals surface area (Å²) in [6.07, 6.45) is 5.09. The number of aromatic nitrogens is 1. The van der Waals surface area contributed by atoms with Crippen molar-refractivity contribution in [3.63, 3.8) is 0 Å². The van der Waals surface area contributed by atoms with Gasteiger partial charge in [0, 0.05) is 16.8 Å². The summed E-state index contributed by atoms with van der Waals surface area (Å²) in [6.45, 7) is 6.70. The second-order valence-electron chi connectivity index (χ2n) is 3.51. The number of rotatable bonds is 3. The van der Waals surface area contributed by atoms with E-state index in [2.05, 4.69) is 48.3 Å². The molecule has 0 atom stereocenters. The summed E-state index contributed by atoms with van der Waals surface area (Å²) < 4.78 is 1.06. The lowest BCUT2D eigenvalue weighted by molar-refractivity contribution is 0.826. The zero-order valence-corrected chi connectivity index (χ0v) is 10.6. The van der Waals surface area contributed by atoms with Crippen LogP contribution in [0, 0.1) is 0 Å². The van der Waals surface area contributed by atoms with E-state index in [-0.39, 0.29) is 0 Å². The molecular weight excluding hydrogens is 273 g/mol. The van der Waals surface area contributed by atoms with Crippen LogP contribution >= 0.6 is 22.6 Å². The molecule has 0 amide bonds. The number of hydrogen-bond acceptors (Lipinski definition) is 1. The molecule has 1 nitrogen and oxygen atoms in total. The Kier molecular flexibility index (Phi) is 4.16. The van der Waals surface area contributed by atoms with Crippen molar-refractivity contribution in [3.8, 4) is 0 Å².